The Morgan fingerprint density at radius 2 is 1.80 bits per heavy atom. The summed E-state index contributed by atoms with van der Waals surface area (Å²) in [5.41, 5.74) is 0.971. The van der Waals surface area contributed by atoms with E-state index in [-0.39, 0.29) is 0 Å². The Labute approximate surface area is 122 Å². The van der Waals surface area contributed by atoms with Crippen molar-refractivity contribution in [3.63, 3.8) is 0 Å². The van der Waals surface area contributed by atoms with Crippen LogP contribution in [-0.4, -0.2) is 9.78 Å². The summed E-state index contributed by atoms with van der Waals surface area (Å²) in [6.07, 6.45) is -1.61. The van der Waals surface area contributed by atoms with Crippen LogP contribution >= 0.6 is 15.9 Å². The number of hydrogen-bond acceptors (Lipinski definition) is 1. The smallest absolute Gasteiger partial charge is 0.236 e. The fourth-order valence-electron chi connectivity index (χ4n) is 2.65. The Balaban J connectivity index is 2.22. The summed E-state index contributed by atoms with van der Waals surface area (Å²) in [6, 6.07) is 7.20. The molecular formula is C14H12BrF3N2. The highest BCUT2D eigenvalue weighted by Gasteiger charge is 2.39. The van der Waals surface area contributed by atoms with Crippen LogP contribution in [0.5, 0.6) is 0 Å². The first kappa shape index (κ1) is 13.7. The molecule has 0 radical (unpaired) electrons. The summed E-state index contributed by atoms with van der Waals surface area (Å²) < 4.78 is 41.5. The molecule has 3 rings (SSSR count). The van der Waals surface area contributed by atoms with E-state index < -0.39 is 11.9 Å². The van der Waals surface area contributed by atoms with Crippen molar-refractivity contribution in [2.75, 3.05) is 0 Å². The Morgan fingerprint density at radius 3 is 2.50 bits per heavy atom. The zero-order chi connectivity index (χ0) is 14.3. The third-order valence-corrected chi connectivity index (χ3v) is 4.20. The van der Waals surface area contributed by atoms with Crippen molar-refractivity contribution in [1.29, 1.82) is 0 Å². The molecule has 2 aromatic rings. The van der Waals surface area contributed by atoms with Gasteiger partial charge in [0.15, 0.2) is 5.69 Å². The normalized spacial score (nSPS) is 15.2. The van der Waals surface area contributed by atoms with E-state index in [4.69, 9.17) is 0 Å². The third-order valence-electron chi connectivity index (χ3n) is 3.53. The summed E-state index contributed by atoms with van der Waals surface area (Å²) in [5.74, 6) is 0. The van der Waals surface area contributed by atoms with Gasteiger partial charge in [-0.1, -0.05) is 12.1 Å². The summed E-state index contributed by atoms with van der Waals surface area (Å²) in [6.45, 7) is 0. The van der Waals surface area contributed by atoms with Gasteiger partial charge >= 0.3 is 6.18 Å². The second kappa shape index (κ2) is 4.91. The SMILES string of the molecule is FC(F)(F)c1nn(-c2ccccc2Br)c2c1CCCC2. The molecule has 1 aliphatic rings. The van der Waals surface area contributed by atoms with Gasteiger partial charge in [0.25, 0.3) is 0 Å². The maximum atomic E-state index is 13.1. The van der Waals surface area contributed by atoms with E-state index in [1.54, 1.807) is 18.2 Å². The summed E-state index contributed by atoms with van der Waals surface area (Å²) in [5, 5.41) is 3.86. The molecule has 2 nitrogen and oxygen atoms in total. The molecule has 0 fully saturated rings. The van der Waals surface area contributed by atoms with Gasteiger partial charge in [-0.2, -0.15) is 18.3 Å². The van der Waals surface area contributed by atoms with Gasteiger partial charge in [-0.25, -0.2) is 4.68 Å². The van der Waals surface area contributed by atoms with Crippen molar-refractivity contribution in [1.82, 2.24) is 9.78 Å². The van der Waals surface area contributed by atoms with Gasteiger partial charge < -0.3 is 0 Å². The molecule has 0 aliphatic heterocycles. The zero-order valence-electron chi connectivity index (χ0n) is 10.5. The maximum Gasteiger partial charge on any atom is 0.435 e. The van der Waals surface area contributed by atoms with Crippen molar-refractivity contribution in [3.8, 4) is 5.69 Å². The molecule has 6 heteroatoms. The van der Waals surface area contributed by atoms with Crippen molar-refractivity contribution in [2.45, 2.75) is 31.9 Å². The monoisotopic (exact) mass is 344 g/mol. The van der Waals surface area contributed by atoms with Gasteiger partial charge in [0, 0.05) is 15.7 Å². The molecule has 106 valence electrons. The number of fused-ring (bicyclic) bond motifs is 1. The van der Waals surface area contributed by atoms with E-state index in [0.717, 1.165) is 17.3 Å². The number of rotatable bonds is 1. The second-order valence-corrected chi connectivity index (χ2v) is 5.70. The summed E-state index contributed by atoms with van der Waals surface area (Å²) in [7, 11) is 0. The molecular weight excluding hydrogens is 333 g/mol. The van der Waals surface area contributed by atoms with E-state index in [0.29, 0.717) is 29.8 Å². The van der Waals surface area contributed by atoms with Gasteiger partial charge in [-0.05, 0) is 53.7 Å². The molecule has 0 unspecified atom stereocenters. The average molecular weight is 345 g/mol. The molecule has 0 N–H and O–H groups in total. The average Bonchev–Trinajstić information content (AvgIpc) is 2.79. The minimum atomic E-state index is -4.39. The lowest BCUT2D eigenvalue weighted by Crippen LogP contribution is -2.11. The lowest BCUT2D eigenvalue weighted by Gasteiger charge is -2.15. The topological polar surface area (TPSA) is 17.8 Å². The molecule has 0 saturated heterocycles. The molecule has 0 saturated carbocycles. The van der Waals surface area contributed by atoms with E-state index in [9.17, 15) is 13.2 Å². The lowest BCUT2D eigenvalue weighted by atomic mass is 9.95. The molecule has 1 aliphatic carbocycles. The number of halogens is 4. The molecule has 0 spiro atoms. The van der Waals surface area contributed by atoms with E-state index in [1.165, 1.54) is 4.68 Å². The van der Waals surface area contributed by atoms with Gasteiger partial charge in [-0.3, -0.25) is 0 Å². The first-order valence-electron chi connectivity index (χ1n) is 6.41. The number of alkyl halides is 3. The van der Waals surface area contributed by atoms with Crippen molar-refractivity contribution in [2.24, 2.45) is 0 Å². The molecule has 1 heterocycles. The van der Waals surface area contributed by atoms with Crippen LogP contribution in [0.25, 0.3) is 5.69 Å². The van der Waals surface area contributed by atoms with Crippen molar-refractivity contribution in [3.05, 3.63) is 45.7 Å². The first-order valence-corrected chi connectivity index (χ1v) is 7.20. The molecule has 0 bridgehead atoms. The number of hydrogen-bond donors (Lipinski definition) is 0. The summed E-state index contributed by atoms with van der Waals surface area (Å²) in [4.78, 5) is 0. The molecule has 20 heavy (non-hydrogen) atoms. The van der Waals surface area contributed by atoms with E-state index >= 15 is 0 Å². The minimum absolute atomic E-state index is 0.361. The third kappa shape index (κ3) is 2.26. The largest absolute Gasteiger partial charge is 0.435 e. The van der Waals surface area contributed by atoms with E-state index in [1.807, 2.05) is 6.07 Å². The summed E-state index contributed by atoms with van der Waals surface area (Å²) >= 11 is 3.38. The number of benzene rings is 1. The molecule has 0 amide bonds. The predicted molar refractivity (Wildman–Crippen MR) is 72.9 cm³/mol. The molecule has 1 aromatic carbocycles. The number of para-hydroxylation sites is 1. The van der Waals surface area contributed by atoms with Crippen LogP contribution in [-0.2, 0) is 19.0 Å². The van der Waals surface area contributed by atoms with Crippen LogP contribution in [0.1, 0.15) is 29.8 Å². The fraction of sp³-hybridized carbons (Fsp3) is 0.357. The van der Waals surface area contributed by atoms with Crippen LogP contribution in [0.15, 0.2) is 28.7 Å². The van der Waals surface area contributed by atoms with Gasteiger partial charge in [0.05, 0.1) is 5.69 Å². The van der Waals surface area contributed by atoms with Crippen LogP contribution in [0.3, 0.4) is 0 Å². The van der Waals surface area contributed by atoms with Crippen molar-refractivity contribution < 1.29 is 13.2 Å². The van der Waals surface area contributed by atoms with E-state index in [2.05, 4.69) is 21.0 Å². The Bertz CT molecular complexity index is 646. The Kier molecular flexibility index (Phi) is 3.36. The molecule has 1 aromatic heterocycles. The maximum absolute atomic E-state index is 13.1. The fourth-order valence-corrected chi connectivity index (χ4v) is 3.10. The Morgan fingerprint density at radius 1 is 1.10 bits per heavy atom. The zero-order valence-corrected chi connectivity index (χ0v) is 12.1. The van der Waals surface area contributed by atoms with Crippen molar-refractivity contribution >= 4 is 15.9 Å². The highest BCUT2D eigenvalue weighted by Crippen LogP contribution is 2.37. The Hall–Kier alpha value is -1.30. The van der Waals surface area contributed by atoms with Crippen LogP contribution in [0, 0.1) is 0 Å². The van der Waals surface area contributed by atoms with Crippen LogP contribution in [0.2, 0.25) is 0 Å². The second-order valence-electron chi connectivity index (χ2n) is 4.84. The van der Waals surface area contributed by atoms with Crippen LogP contribution < -0.4 is 0 Å². The highest BCUT2D eigenvalue weighted by atomic mass is 79.9. The predicted octanol–water partition coefficient (Wildman–Crippen LogP) is 4.53. The van der Waals surface area contributed by atoms with Crippen LogP contribution in [0.4, 0.5) is 13.2 Å². The quantitative estimate of drug-likeness (QED) is 0.742. The van der Waals surface area contributed by atoms with Gasteiger partial charge in [0.1, 0.15) is 0 Å². The minimum Gasteiger partial charge on any atom is -0.236 e. The molecule has 0 atom stereocenters. The number of aromatic nitrogens is 2. The number of nitrogens with zero attached hydrogens (tertiary/aromatic N) is 2. The van der Waals surface area contributed by atoms with Gasteiger partial charge in [0.2, 0.25) is 0 Å². The first-order chi connectivity index (χ1) is 9.48. The lowest BCUT2D eigenvalue weighted by molar-refractivity contribution is -0.142. The van der Waals surface area contributed by atoms with Gasteiger partial charge in [-0.15, -0.1) is 0 Å². The highest BCUT2D eigenvalue weighted by molar-refractivity contribution is 9.10. The standard InChI is InChI=1S/C14H12BrF3N2/c15-10-6-2-4-8-12(10)20-11-7-3-1-5-9(11)13(19-20)14(16,17)18/h2,4,6,8H,1,3,5,7H2.